The Labute approximate surface area is 146 Å². The first-order valence-electron chi connectivity index (χ1n) is 7.77. The van der Waals surface area contributed by atoms with Gasteiger partial charge >= 0.3 is 0 Å². The maximum Gasteiger partial charge on any atom is 0.252 e. The minimum Gasteiger partial charge on any atom is -0.396 e. The molecule has 1 aromatic carbocycles. The van der Waals surface area contributed by atoms with Crippen molar-refractivity contribution in [3.05, 3.63) is 52.2 Å². The predicted octanol–water partition coefficient (Wildman–Crippen LogP) is 4.18. The summed E-state index contributed by atoms with van der Waals surface area (Å²) in [7, 11) is 0. The molecule has 0 spiro atoms. The van der Waals surface area contributed by atoms with Crippen LogP contribution in [-0.2, 0) is 5.75 Å². The summed E-state index contributed by atoms with van der Waals surface area (Å²) in [6.07, 6.45) is 0.577. The molecule has 2 N–H and O–H groups in total. The Hall–Kier alpha value is -1.30. The van der Waals surface area contributed by atoms with Gasteiger partial charge in [-0.25, -0.2) is 0 Å². The third kappa shape index (κ3) is 5.37. The number of amides is 1. The highest BCUT2D eigenvalue weighted by Crippen LogP contribution is 2.28. The van der Waals surface area contributed by atoms with E-state index in [2.05, 4.69) is 30.6 Å². The summed E-state index contributed by atoms with van der Waals surface area (Å²) in [4.78, 5) is 14.9. The van der Waals surface area contributed by atoms with Crippen molar-refractivity contribution in [1.82, 2.24) is 5.32 Å². The molecule has 23 heavy (non-hydrogen) atoms. The average Bonchev–Trinajstić information content (AvgIpc) is 3.06. The van der Waals surface area contributed by atoms with Crippen LogP contribution in [0.25, 0.3) is 0 Å². The van der Waals surface area contributed by atoms with Crippen LogP contribution in [0.4, 0.5) is 0 Å². The van der Waals surface area contributed by atoms with E-state index in [-0.39, 0.29) is 24.5 Å². The molecule has 1 atom stereocenters. The van der Waals surface area contributed by atoms with Crippen LogP contribution in [0.5, 0.6) is 0 Å². The highest BCUT2D eigenvalue weighted by Gasteiger charge is 2.18. The van der Waals surface area contributed by atoms with Gasteiger partial charge in [0.15, 0.2) is 0 Å². The molecule has 1 heterocycles. The number of aliphatic hydroxyl groups excluding tert-OH is 1. The summed E-state index contributed by atoms with van der Waals surface area (Å²) in [5.74, 6) is 1.09. The van der Waals surface area contributed by atoms with Gasteiger partial charge in [-0.2, -0.15) is 0 Å². The molecule has 1 amide bonds. The van der Waals surface area contributed by atoms with Crippen LogP contribution in [0, 0.1) is 5.92 Å². The van der Waals surface area contributed by atoms with E-state index in [0.717, 1.165) is 10.6 Å². The zero-order valence-corrected chi connectivity index (χ0v) is 15.1. The SMILES string of the molecule is CC(C)C(CCO)NC(=O)c1ccccc1SCc1cccs1. The Morgan fingerprint density at radius 3 is 2.70 bits per heavy atom. The second-order valence-corrected chi connectivity index (χ2v) is 7.75. The zero-order valence-electron chi connectivity index (χ0n) is 13.5. The van der Waals surface area contributed by atoms with Gasteiger partial charge in [0.1, 0.15) is 0 Å². The van der Waals surface area contributed by atoms with Crippen LogP contribution in [0.15, 0.2) is 46.7 Å². The molecular weight excluding hydrogens is 326 g/mol. The summed E-state index contributed by atoms with van der Waals surface area (Å²) in [5.41, 5.74) is 0.706. The molecule has 5 heteroatoms. The van der Waals surface area contributed by atoms with Gasteiger partial charge in [-0.05, 0) is 35.9 Å². The standard InChI is InChI=1S/C18H23NO2S2/c1-13(2)16(9-10-20)19-18(21)15-7-3-4-8-17(15)23-12-14-6-5-11-22-14/h3-8,11,13,16,20H,9-10,12H2,1-2H3,(H,19,21). The lowest BCUT2D eigenvalue weighted by Crippen LogP contribution is -2.39. The summed E-state index contributed by atoms with van der Waals surface area (Å²) in [6, 6.07) is 11.8. The fraction of sp³-hybridized carbons (Fsp3) is 0.389. The van der Waals surface area contributed by atoms with Gasteiger partial charge < -0.3 is 10.4 Å². The molecule has 0 bridgehead atoms. The Morgan fingerprint density at radius 1 is 1.26 bits per heavy atom. The molecule has 0 aliphatic carbocycles. The van der Waals surface area contributed by atoms with Crippen LogP contribution >= 0.6 is 23.1 Å². The quantitative estimate of drug-likeness (QED) is 0.703. The third-order valence-corrected chi connectivity index (χ3v) is 5.82. The largest absolute Gasteiger partial charge is 0.396 e. The van der Waals surface area contributed by atoms with Gasteiger partial charge in [0, 0.05) is 28.2 Å². The summed E-state index contributed by atoms with van der Waals surface area (Å²) >= 11 is 3.41. The van der Waals surface area contributed by atoms with E-state index < -0.39 is 0 Å². The lowest BCUT2D eigenvalue weighted by molar-refractivity contribution is 0.0913. The Balaban J connectivity index is 2.07. The van der Waals surface area contributed by atoms with Crippen molar-refractivity contribution in [2.24, 2.45) is 5.92 Å². The Bertz CT molecular complexity index is 611. The molecule has 2 aromatic rings. The van der Waals surface area contributed by atoms with Crippen molar-refractivity contribution in [3.8, 4) is 0 Å². The van der Waals surface area contributed by atoms with Gasteiger partial charge in [-0.3, -0.25) is 4.79 Å². The second-order valence-electron chi connectivity index (χ2n) is 5.70. The molecule has 124 valence electrons. The van der Waals surface area contributed by atoms with E-state index in [0.29, 0.717) is 12.0 Å². The maximum atomic E-state index is 12.6. The molecule has 0 saturated heterocycles. The zero-order chi connectivity index (χ0) is 16.7. The molecule has 2 rings (SSSR count). The minimum absolute atomic E-state index is 0.0112. The van der Waals surface area contributed by atoms with Crippen LogP contribution in [0.1, 0.15) is 35.5 Å². The number of thioether (sulfide) groups is 1. The number of rotatable bonds is 8. The molecule has 0 saturated carbocycles. The fourth-order valence-electron chi connectivity index (χ4n) is 2.28. The summed E-state index contributed by atoms with van der Waals surface area (Å²) < 4.78 is 0. The normalized spacial score (nSPS) is 12.3. The monoisotopic (exact) mass is 349 g/mol. The molecule has 3 nitrogen and oxygen atoms in total. The smallest absolute Gasteiger partial charge is 0.252 e. The molecular formula is C18H23NO2S2. The van der Waals surface area contributed by atoms with Crippen molar-refractivity contribution in [3.63, 3.8) is 0 Å². The van der Waals surface area contributed by atoms with E-state index >= 15 is 0 Å². The van der Waals surface area contributed by atoms with Crippen molar-refractivity contribution in [2.45, 2.75) is 37.0 Å². The van der Waals surface area contributed by atoms with Gasteiger partial charge in [0.2, 0.25) is 0 Å². The number of benzene rings is 1. The highest BCUT2D eigenvalue weighted by molar-refractivity contribution is 7.98. The number of hydrogen-bond donors (Lipinski definition) is 2. The van der Waals surface area contributed by atoms with Gasteiger partial charge in [-0.1, -0.05) is 32.0 Å². The average molecular weight is 350 g/mol. The van der Waals surface area contributed by atoms with Gasteiger partial charge in [0.25, 0.3) is 5.91 Å². The van der Waals surface area contributed by atoms with Gasteiger partial charge in [-0.15, -0.1) is 23.1 Å². The van der Waals surface area contributed by atoms with Crippen molar-refractivity contribution in [1.29, 1.82) is 0 Å². The maximum absolute atomic E-state index is 12.6. The first-order valence-corrected chi connectivity index (χ1v) is 9.64. The lowest BCUT2D eigenvalue weighted by atomic mass is 10.0. The number of carbonyl (C=O) groups excluding carboxylic acids is 1. The summed E-state index contributed by atoms with van der Waals surface area (Å²) in [5, 5.41) is 14.3. The highest BCUT2D eigenvalue weighted by atomic mass is 32.2. The number of nitrogens with one attached hydrogen (secondary N) is 1. The van der Waals surface area contributed by atoms with Crippen molar-refractivity contribution >= 4 is 29.0 Å². The molecule has 0 aliphatic heterocycles. The topological polar surface area (TPSA) is 49.3 Å². The Morgan fingerprint density at radius 2 is 2.04 bits per heavy atom. The first kappa shape index (κ1) is 18.0. The molecule has 1 unspecified atom stereocenters. The second kappa shape index (κ2) is 9.11. The van der Waals surface area contributed by atoms with E-state index in [1.54, 1.807) is 23.1 Å². The third-order valence-electron chi connectivity index (χ3n) is 3.64. The first-order chi connectivity index (χ1) is 11.1. The fourth-order valence-corrected chi connectivity index (χ4v) is 4.10. The minimum atomic E-state index is -0.0635. The molecule has 0 radical (unpaired) electrons. The predicted molar refractivity (Wildman–Crippen MR) is 98.1 cm³/mol. The van der Waals surface area contributed by atoms with Crippen LogP contribution < -0.4 is 5.32 Å². The van der Waals surface area contributed by atoms with E-state index in [1.165, 1.54) is 4.88 Å². The molecule has 0 fully saturated rings. The van der Waals surface area contributed by atoms with Crippen LogP contribution in [-0.4, -0.2) is 23.7 Å². The van der Waals surface area contributed by atoms with E-state index in [4.69, 9.17) is 5.11 Å². The van der Waals surface area contributed by atoms with Crippen molar-refractivity contribution < 1.29 is 9.90 Å². The number of aliphatic hydroxyl groups is 1. The Kier molecular flexibility index (Phi) is 7.15. The van der Waals surface area contributed by atoms with Crippen LogP contribution in [0.3, 0.4) is 0 Å². The van der Waals surface area contributed by atoms with Gasteiger partial charge in [0.05, 0.1) is 5.56 Å². The van der Waals surface area contributed by atoms with E-state index in [9.17, 15) is 4.79 Å². The van der Waals surface area contributed by atoms with Crippen LogP contribution in [0.2, 0.25) is 0 Å². The number of carbonyl (C=O) groups is 1. The number of hydrogen-bond acceptors (Lipinski definition) is 4. The number of thiophene rings is 1. The van der Waals surface area contributed by atoms with Crippen molar-refractivity contribution in [2.75, 3.05) is 6.61 Å². The molecule has 0 aliphatic rings. The lowest BCUT2D eigenvalue weighted by Gasteiger charge is -2.22. The summed E-state index contributed by atoms with van der Waals surface area (Å²) in [6.45, 7) is 4.19. The molecule has 1 aromatic heterocycles. The van der Waals surface area contributed by atoms with E-state index in [1.807, 2.05) is 30.3 Å².